The Bertz CT molecular complexity index is 159. The number of hydrogen-bond acceptors (Lipinski definition) is 2. The summed E-state index contributed by atoms with van der Waals surface area (Å²) in [5.74, 6) is 0.168. The van der Waals surface area contributed by atoms with Crippen LogP contribution in [0.15, 0.2) is 0 Å². The number of hydrogen-bond donors (Lipinski definition) is 2. The summed E-state index contributed by atoms with van der Waals surface area (Å²) >= 11 is 0. The normalized spacial score (nSPS) is 26.8. The standard InChI is InChI=1S/C9H18N2O/c1-2-3-4-5-9(12)11-8-6-7(8)10/h7-8H,2-6,10H2,1H3,(H,11,12). The van der Waals surface area contributed by atoms with Gasteiger partial charge in [-0.1, -0.05) is 19.8 Å². The van der Waals surface area contributed by atoms with Gasteiger partial charge in [-0.2, -0.15) is 0 Å². The second-order valence-corrected chi connectivity index (χ2v) is 3.53. The fourth-order valence-electron chi connectivity index (χ4n) is 1.20. The molecular formula is C9H18N2O. The van der Waals surface area contributed by atoms with Crippen LogP contribution in [0.2, 0.25) is 0 Å². The summed E-state index contributed by atoms with van der Waals surface area (Å²) in [5.41, 5.74) is 5.55. The van der Waals surface area contributed by atoms with E-state index in [9.17, 15) is 4.79 Å². The summed E-state index contributed by atoms with van der Waals surface area (Å²) in [6.07, 6.45) is 4.93. The molecule has 1 amide bonds. The van der Waals surface area contributed by atoms with Crippen molar-refractivity contribution in [1.82, 2.24) is 5.32 Å². The van der Waals surface area contributed by atoms with E-state index in [-0.39, 0.29) is 18.0 Å². The van der Waals surface area contributed by atoms with Crippen molar-refractivity contribution in [1.29, 1.82) is 0 Å². The molecule has 0 saturated heterocycles. The molecule has 0 aromatic heterocycles. The molecule has 1 aliphatic rings. The lowest BCUT2D eigenvalue weighted by molar-refractivity contribution is -0.121. The van der Waals surface area contributed by atoms with Gasteiger partial charge in [0, 0.05) is 18.5 Å². The van der Waals surface area contributed by atoms with Gasteiger partial charge in [-0.3, -0.25) is 4.79 Å². The molecule has 2 unspecified atom stereocenters. The monoisotopic (exact) mass is 170 g/mol. The van der Waals surface area contributed by atoms with Crippen LogP contribution in [0.25, 0.3) is 0 Å². The first-order chi connectivity index (χ1) is 5.74. The Morgan fingerprint density at radius 2 is 2.25 bits per heavy atom. The van der Waals surface area contributed by atoms with Crippen molar-refractivity contribution < 1.29 is 4.79 Å². The maximum absolute atomic E-state index is 11.1. The highest BCUT2D eigenvalue weighted by molar-refractivity contribution is 5.76. The highest BCUT2D eigenvalue weighted by Gasteiger charge is 2.34. The third-order valence-corrected chi connectivity index (χ3v) is 2.19. The first-order valence-electron chi connectivity index (χ1n) is 4.79. The van der Waals surface area contributed by atoms with Crippen molar-refractivity contribution in [2.24, 2.45) is 5.73 Å². The lowest BCUT2D eigenvalue weighted by Gasteiger charge is -2.02. The lowest BCUT2D eigenvalue weighted by Crippen LogP contribution is -2.29. The van der Waals surface area contributed by atoms with E-state index in [1.54, 1.807) is 0 Å². The van der Waals surface area contributed by atoms with Crippen molar-refractivity contribution in [2.45, 2.75) is 51.1 Å². The van der Waals surface area contributed by atoms with Crippen LogP contribution in [0.4, 0.5) is 0 Å². The van der Waals surface area contributed by atoms with Gasteiger partial charge < -0.3 is 11.1 Å². The van der Waals surface area contributed by atoms with Crippen LogP contribution < -0.4 is 11.1 Å². The van der Waals surface area contributed by atoms with Crippen LogP contribution in [-0.2, 0) is 4.79 Å². The Kier molecular flexibility index (Phi) is 3.53. The summed E-state index contributed by atoms with van der Waals surface area (Å²) < 4.78 is 0. The highest BCUT2D eigenvalue weighted by Crippen LogP contribution is 2.17. The van der Waals surface area contributed by atoms with Crippen molar-refractivity contribution in [3.63, 3.8) is 0 Å². The molecule has 0 spiro atoms. The van der Waals surface area contributed by atoms with Gasteiger partial charge in [0.1, 0.15) is 0 Å². The summed E-state index contributed by atoms with van der Waals surface area (Å²) in [6.45, 7) is 2.13. The molecule has 2 atom stereocenters. The average molecular weight is 170 g/mol. The van der Waals surface area contributed by atoms with Crippen LogP contribution in [0.3, 0.4) is 0 Å². The predicted octanol–water partition coefficient (Wildman–Crippen LogP) is 0.783. The summed E-state index contributed by atoms with van der Waals surface area (Å²) in [5, 5.41) is 2.90. The van der Waals surface area contributed by atoms with E-state index in [4.69, 9.17) is 5.73 Å². The average Bonchev–Trinajstić information content (AvgIpc) is 2.67. The molecule has 0 aliphatic heterocycles. The number of carbonyl (C=O) groups excluding carboxylic acids is 1. The first-order valence-corrected chi connectivity index (χ1v) is 4.79. The molecule has 0 aromatic carbocycles. The second kappa shape index (κ2) is 4.45. The largest absolute Gasteiger partial charge is 0.352 e. The van der Waals surface area contributed by atoms with Crippen LogP contribution >= 0.6 is 0 Å². The quantitative estimate of drug-likeness (QED) is 0.599. The molecule has 1 fully saturated rings. The van der Waals surface area contributed by atoms with Gasteiger partial charge in [0.2, 0.25) is 5.91 Å². The molecular weight excluding hydrogens is 152 g/mol. The highest BCUT2D eigenvalue weighted by atomic mass is 16.1. The van der Waals surface area contributed by atoms with E-state index in [0.717, 1.165) is 25.7 Å². The minimum absolute atomic E-state index is 0.168. The smallest absolute Gasteiger partial charge is 0.220 e. The minimum atomic E-state index is 0.168. The molecule has 0 aromatic rings. The fraction of sp³-hybridized carbons (Fsp3) is 0.889. The molecule has 3 heteroatoms. The second-order valence-electron chi connectivity index (χ2n) is 3.53. The number of rotatable bonds is 5. The Morgan fingerprint density at radius 1 is 1.58 bits per heavy atom. The molecule has 1 rings (SSSR count). The Morgan fingerprint density at radius 3 is 2.75 bits per heavy atom. The summed E-state index contributed by atoms with van der Waals surface area (Å²) in [6, 6.07) is 0.499. The van der Waals surface area contributed by atoms with Gasteiger partial charge in [-0.25, -0.2) is 0 Å². The van der Waals surface area contributed by atoms with Gasteiger partial charge in [0.25, 0.3) is 0 Å². The number of amides is 1. The predicted molar refractivity (Wildman–Crippen MR) is 48.7 cm³/mol. The molecule has 70 valence electrons. The van der Waals surface area contributed by atoms with Crippen LogP contribution in [0.1, 0.15) is 39.0 Å². The molecule has 3 N–H and O–H groups in total. The van der Waals surface area contributed by atoms with E-state index in [1.165, 1.54) is 0 Å². The minimum Gasteiger partial charge on any atom is -0.352 e. The van der Waals surface area contributed by atoms with E-state index in [2.05, 4.69) is 12.2 Å². The molecule has 3 nitrogen and oxygen atoms in total. The van der Waals surface area contributed by atoms with Crippen LogP contribution in [0, 0.1) is 0 Å². The molecule has 0 radical (unpaired) electrons. The Labute approximate surface area is 73.7 Å². The lowest BCUT2D eigenvalue weighted by atomic mass is 10.2. The zero-order chi connectivity index (χ0) is 8.97. The van der Waals surface area contributed by atoms with Gasteiger partial charge in [0.05, 0.1) is 0 Å². The van der Waals surface area contributed by atoms with Crippen LogP contribution in [0.5, 0.6) is 0 Å². The number of nitrogens with one attached hydrogen (secondary N) is 1. The van der Waals surface area contributed by atoms with Crippen molar-refractivity contribution in [2.75, 3.05) is 0 Å². The molecule has 1 saturated carbocycles. The molecule has 12 heavy (non-hydrogen) atoms. The van der Waals surface area contributed by atoms with Gasteiger partial charge >= 0.3 is 0 Å². The number of nitrogens with two attached hydrogens (primary N) is 1. The maximum atomic E-state index is 11.1. The first kappa shape index (κ1) is 9.52. The molecule has 0 bridgehead atoms. The third kappa shape index (κ3) is 3.22. The van der Waals surface area contributed by atoms with Gasteiger partial charge in [-0.05, 0) is 12.8 Å². The fourth-order valence-corrected chi connectivity index (χ4v) is 1.20. The van der Waals surface area contributed by atoms with Gasteiger partial charge in [-0.15, -0.1) is 0 Å². The van der Waals surface area contributed by atoms with Crippen LogP contribution in [-0.4, -0.2) is 18.0 Å². The number of carbonyl (C=O) groups is 1. The van der Waals surface area contributed by atoms with Crippen molar-refractivity contribution in [3.05, 3.63) is 0 Å². The zero-order valence-electron chi connectivity index (χ0n) is 7.68. The zero-order valence-corrected chi connectivity index (χ0v) is 7.68. The maximum Gasteiger partial charge on any atom is 0.220 e. The van der Waals surface area contributed by atoms with E-state index in [0.29, 0.717) is 6.42 Å². The van der Waals surface area contributed by atoms with E-state index in [1.807, 2.05) is 0 Å². The molecule has 0 heterocycles. The molecule has 1 aliphatic carbocycles. The summed E-state index contributed by atoms with van der Waals surface area (Å²) in [4.78, 5) is 11.1. The third-order valence-electron chi connectivity index (χ3n) is 2.19. The van der Waals surface area contributed by atoms with E-state index >= 15 is 0 Å². The Hall–Kier alpha value is -0.570. The van der Waals surface area contributed by atoms with Crippen molar-refractivity contribution >= 4 is 5.91 Å². The SMILES string of the molecule is CCCCCC(=O)NC1CC1N. The number of unbranched alkanes of at least 4 members (excludes halogenated alkanes) is 2. The Balaban J connectivity index is 1.97. The summed E-state index contributed by atoms with van der Waals surface area (Å²) in [7, 11) is 0. The van der Waals surface area contributed by atoms with Crippen molar-refractivity contribution in [3.8, 4) is 0 Å². The van der Waals surface area contributed by atoms with E-state index < -0.39 is 0 Å². The van der Waals surface area contributed by atoms with Gasteiger partial charge in [0.15, 0.2) is 0 Å². The topological polar surface area (TPSA) is 55.1 Å².